The van der Waals surface area contributed by atoms with Crippen LogP contribution in [0.25, 0.3) is 0 Å². The van der Waals surface area contributed by atoms with E-state index in [4.69, 9.17) is 10.5 Å². The number of nitrogens with two attached hydrogens (primary N) is 1. The highest BCUT2D eigenvalue weighted by atomic mass is 32.2. The van der Waals surface area contributed by atoms with Crippen molar-refractivity contribution in [3.05, 3.63) is 30.3 Å². The molecule has 0 fully saturated rings. The number of aromatic nitrogens is 2. The van der Waals surface area contributed by atoms with Crippen molar-refractivity contribution < 1.29 is 4.74 Å². The molecule has 0 bridgehead atoms. The summed E-state index contributed by atoms with van der Waals surface area (Å²) >= 11 is 1.46. The van der Waals surface area contributed by atoms with Gasteiger partial charge in [0.2, 0.25) is 0 Å². The van der Waals surface area contributed by atoms with Crippen LogP contribution < -0.4 is 15.4 Å². The van der Waals surface area contributed by atoms with Gasteiger partial charge in [-0.25, -0.2) is 9.97 Å². The first-order valence-electron chi connectivity index (χ1n) is 5.71. The summed E-state index contributed by atoms with van der Waals surface area (Å²) < 4.78 is 5.35. The molecule has 5 nitrogen and oxygen atoms in total. The van der Waals surface area contributed by atoms with E-state index in [1.807, 2.05) is 42.5 Å². The molecule has 100 valence electrons. The number of nitrogen functional groups attached to an aromatic ring is 1. The summed E-state index contributed by atoms with van der Waals surface area (Å²) in [6, 6.07) is 9.50. The molecule has 2 N–H and O–H groups in total. The van der Waals surface area contributed by atoms with E-state index in [0.717, 1.165) is 17.3 Å². The second-order valence-corrected chi connectivity index (χ2v) is 4.64. The van der Waals surface area contributed by atoms with Crippen molar-refractivity contribution in [1.29, 1.82) is 0 Å². The second kappa shape index (κ2) is 5.79. The van der Waals surface area contributed by atoms with Crippen LogP contribution in [0.1, 0.15) is 0 Å². The largest absolute Gasteiger partial charge is 0.495 e. The van der Waals surface area contributed by atoms with Gasteiger partial charge in [0.25, 0.3) is 0 Å². The lowest BCUT2D eigenvalue weighted by molar-refractivity contribution is 0.415. The molecule has 0 amide bonds. The predicted molar refractivity (Wildman–Crippen MR) is 79.3 cm³/mol. The fraction of sp³-hybridized carbons (Fsp3) is 0.231. The summed E-state index contributed by atoms with van der Waals surface area (Å²) in [6.07, 6.45) is 1.92. The molecule has 0 saturated carbocycles. The third-order valence-electron chi connectivity index (χ3n) is 2.68. The van der Waals surface area contributed by atoms with Crippen LogP contribution in [-0.4, -0.2) is 30.4 Å². The molecule has 0 atom stereocenters. The number of anilines is 3. The summed E-state index contributed by atoms with van der Waals surface area (Å²) in [6.45, 7) is 0. The lowest BCUT2D eigenvalue weighted by atomic mass is 10.2. The topological polar surface area (TPSA) is 64.3 Å². The standard InChI is InChI=1S/C13H16N4OS/c1-17(9-6-4-5-7-10(9)18-2)12-8-11(14)15-13(16-12)19-3/h4-8H,1-3H3,(H2,14,15,16). The first kappa shape index (κ1) is 13.5. The Morgan fingerprint density at radius 2 is 2.00 bits per heavy atom. The molecule has 0 saturated heterocycles. The van der Waals surface area contributed by atoms with Crippen molar-refractivity contribution in [2.24, 2.45) is 0 Å². The highest BCUT2D eigenvalue weighted by Gasteiger charge is 2.12. The Morgan fingerprint density at radius 1 is 1.26 bits per heavy atom. The quantitative estimate of drug-likeness (QED) is 0.684. The SMILES string of the molecule is COc1ccccc1N(C)c1cc(N)nc(SC)n1. The van der Waals surface area contributed by atoms with Crippen LogP contribution in [0, 0.1) is 0 Å². The first-order valence-corrected chi connectivity index (χ1v) is 6.93. The van der Waals surface area contributed by atoms with Crippen molar-refractivity contribution in [3.63, 3.8) is 0 Å². The normalized spacial score (nSPS) is 10.3. The molecule has 0 spiro atoms. The van der Waals surface area contributed by atoms with E-state index in [1.54, 1.807) is 13.2 Å². The third-order valence-corrected chi connectivity index (χ3v) is 3.23. The minimum absolute atomic E-state index is 0.455. The van der Waals surface area contributed by atoms with E-state index in [2.05, 4.69) is 9.97 Å². The number of hydrogen-bond acceptors (Lipinski definition) is 6. The minimum Gasteiger partial charge on any atom is -0.495 e. The molecule has 19 heavy (non-hydrogen) atoms. The maximum absolute atomic E-state index is 5.80. The van der Waals surface area contributed by atoms with E-state index in [-0.39, 0.29) is 0 Å². The zero-order valence-corrected chi connectivity index (χ0v) is 11.9. The van der Waals surface area contributed by atoms with E-state index in [1.165, 1.54) is 11.8 Å². The number of thioether (sulfide) groups is 1. The number of benzene rings is 1. The number of hydrogen-bond donors (Lipinski definition) is 1. The molecular formula is C13H16N4OS. The predicted octanol–water partition coefficient (Wildman–Crippen LogP) is 2.56. The van der Waals surface area contributed by atoms with E-state index in [0.29, 0.717) is 11.0 Å². The molecule has 1 heterocycles. The van der Waals surface area contributed by atoms with Crippen LogP contribution in [0.5, 0.6) is 5.75 Å². The zero-order chi connectivity index (χ0) is 13.8. The number of rotatable bonds is 4. The lowest BCUT2D eigenvalue weighted by Gasteiger charge is -2.21. The smallest absolute Gasteiger partial charge is 0.191 e. The Morgan fingerprint density at radius 3 is 2.68 bits per heavy atom. The van der Waals surface area contributed by atoms with Gasteiger partial charge in [0.05, 0.1) is 12.8 Å². The molecule has 6 heteroatoms. The first-order chi connectivity index (χ1) is 9.15. The maximum Gasteiger partial charge on any atom is 0.191 e. The van der Waals surface area contributed by atoms with E-state index >= 15 is 0 Å². The van der Waals surface area contributed by atoms with Crippen LogP contribution in [0.15, 0.2) is 35.5 Å². The van der Waals surface area contributed by atoms with E-state index in [9.17, 15) is 0 Å². The Labute approximate surface area is 116 Å². The number of nitrogens with zero attached hydrogens (tertiary/aromatic N) is 3. The summed E-state index contributed by atoms with van der Waals surface area (Å²) in [4.78, 5) is 10.5. The molecule has 2 rings (SSSR count). The van der Waals surface area contributed by atoms with Crippen LogP contribution in [-0.2, 0) is 0 Å². The zero-order valence-electron chi connectivity index (χ0n) is 11.1. The molecule has 0 radical (unpaired) electrons. The summed E-state index contributed by atoms with van der Waals surface area (Å²) in [5.41, 5.74) is 6.73. The molecule has 0 aliphatic heterocycles. The van der Waals surface area contributed by atoms with Crippen molar-refractivity contribution in [3.8, 4) is 5.75 Å². The van der Waals surface area contributed by atoms with Gasteiger partial charge in [0.1, 0.15) is 17.4 Å². The van der Waals surface area contributed by atoms with Gasteiger partial charge in [-0.1, -0.05) is 23.9 Å². The Kier molecular flexibility index (Phi) is 4.11. The van der Waals surface area contributed by atoms with Crippen molar-refractivity contribution in [2.45, 2.75) is 5.16 Å². The Balaban J connectivity index is 2.43. The average molecular weight is 276 g/mol. The highest BCUT2D eigenvalue weighted by molar-refractivity contribution is 7.98. The average Bonchev–Trinajstić information content (AvgIpc) is 2.45. The molecule has 2 aromatic rings. The molecule has 1 aromatic carbocycles. The van der Waals surface area contributed by atoms with Crippen molar-refractivity contribution >= 4 is 29.1 Å². The van der Waals surface area contributed by atoms with Crippen molar-refractivity contribution in [2.75, 3.05) is 31.0 Å². The number of methoxy groups -OCH3 is 1. The molecular weight excluding hydrogens is 260 g/mol. The van der Waals surface area contributed by atoms with Gasteiger partial charge in [-0.05, 0) is 18.4 Å². The fourth-order valence-corrected chi connectivity index (χ4v) is 2.11. The number of para-hydroxylation sites is 2. The molecule has 0 aliphatic rings. The van der Waals surface area contributed by atoms with Crippen LogP contribution in [0.4, 0.5) is 17.3 Å². The molecule has 0 aliphatic carbocycles. The molecule has 1 aromatic heterocycles. The fourth-order valence-electron chi connectivity index (χ4n) is 1.72. The monoisotopic (exact) mass is 276 g/mol. The highest BCUT2D eigenvalue weighted by Crippen LogP contribution is 2.32. The van der Waals surface area contributed by atoms with Gasteiger partial charge in [-0.3, -0.25) is 0 Å². The lowest BCUT2D eigenvalue weighted by Crippen LogP contribution is -2.13. The second-order valence-electron chi connectivity index (χ2n) is 3.87. The van der Waals surface area contributed by atoms with Gasteiger partial charge in [-0.2, -0.15) is 0 Å². The number of ether oxygens (including phenoxy) is 1. The molecule has 0 unspecified atom stereocenters. The van der Waals surface area contributed by atoms with E-state index < -0.39 is 0 Å². The van der Waals surface area contributed by atoms with Crippen LogP contribution in [0.3, 0.4) is 0 Å². The summed E-state index contributed by atoms with van der Waals surface area (Å²) in [5.74, 6) is 1.98. The maximum atomic E-state index is 5.80. The van der Waals surface area contributed by atoms with Gasteiger partial charge in [0.15, 0.2) is 5.16 Å². The minimum atomic E-state index is 0.455. The van der Waals surface area contributed by atoms with Gasteiger partial charge in [0, 0.05) is 13.1 Å². The van der Waals surface area contributed by atoms with Crippen molar-refractivity contribution in [1.82, 2.24) is 9.97 Å². The summed E-state index contributed by atoms with van der Waals surface area (Å²) in [7, 11) is 3.57. The van der Waals surface area contributed by atoms with Gasteiger partial charge in [-0.15, -0.1) is 0 Å². The third kappa shape index (κ3) is 2.90. The van der Waals surface area contributed by atoms with Gasteiger partial charge < -0.3 is 15.4 Å². The Bertz CT molecular complexity index is 576. The Hall–Kier alpha value is -1.95. The van der Waals surface area contributed by atoms with Crippen LogP contribution >= 0.6 is 11.8 Å². The van der Waals surface area contributed by atoms with Crippen LogP contribution in [0.2, 0.25) is 0 Å². The summed E-state index contributed by atoms with van der Waals surface area (Å²) in [5, 5.41) is 0.650. The van der Waals surface area contributed by atoms with Gasteiger partial charge >= 0.3 is 0 Å².